The second-order valence-corrected chi connectivity index (χ2v) is 23.8. The van der Waals surface area contributed by atoms with E-state index in [-0.39, 0.29) is 23.1 Å². The van der Waals surface area contributed by atoms with Crippen molar-refractivity contribution in [2.45, 2.75) is 106 Å². The monoisotopic (exact) mass is 1300 g/mol. The molecule has 438 valence electrons. The van der Waals surface area contributed by atoms with Gasteiger partial charge in [0, 0.05) is 0 Å². The predicted molar refractivity (Wildman–Crippen MR) is 164 cm³/mol. The van der Waals surface area contributed by atoms with Gasteiger partial charge in [0.25, 0.3) is 30.0 Å². The van der Waals surface area contributed by atoms with Crippen LogP contribution < -0.4 is 4.13 Å². The summed E-state index contributed by atoms with van der Waals surface area (Å²) < 4.78 is 538. The van der Waals surface area contributed by atoms with Crippen molar-refractivity contribution in [1.29, 1.82) is 0 Å². The van der Waals surface area contributed by atoms with E-state index in [2.05, 4.69) is 0 Å². The molecule has 0 saturated carbocycles. The third-order valence-corrected chi connectivity index (χ3v) is 19.0. The quantitative estimate of drug-likeness (QED) is 0.144. The second kappa shape index (κ2) is 20.7. The summed E-state index contributed by atoms with van der Waals surface area (Å²) in [6.45, 7) is -2.84. The average Bonchev–Trinajstić information content (AvgIpc) is 3.01. The third kappa shape index (κ3) is 14.2. The Labute approximate surface area is 396 Å². The summed E-state index contributed by atoms with van der Waals surface area (Å²) in [6, 6.07) is 0. The summed E-state index contributed by atoms with van der Waals surface area (Å²) in [4.78, 5) is 0. The Balaban J connectivity index is -0.000000486. The molecular weight excluding hydrogens is 1290 g/mol. The molecule has 0 bridgehead atoms. The van der Waals surface area contributed by atoms with Gasteiger partial charge in [0.15, 0.2) is 0 Å². The first-order valence-electron chi connectivity index (χ1n) is 14.3. The second-order valence-electron chi connectivity index (χ2n) is 12.2. The average molecular weight is 1300 g/mol. The van der Waals surface area contributed by atoms with Crippen LogP contribution in [0.3, 0.4) is 0 Å². The van der Waals surface area contributed by atoms with E-state index in [1.807, 2.05) is 0 Å². The Morgan fingerprint density at radius 2 is 0.411 bits per heavy atom. The molecule has 0 aliphatic heterocycles. The van der Waals surface area contributed by atoms with Crippen molar-refractivity contribution in [3.8, 4) is 0 Å². The maximum atomic E-state index is 13.2. The van der Waals surface area contributed by atoms with E-state index in [0.717, 1.165) is 0 Å². The molecule has 15 nitrogen and oxygen atoms in total. The van der Waals surface area contributed by atoms with Crippen LogP contribution in [0.2, 0.25) is 0 Å². The van der Waals surface area contributed by atoms with E-state index in [4.69, 9.17) is 0 Å². The van der Waals surface area contributed by atoms with Crippen molar-refractivity contribution >= 4 is 83.2 Å². The first-order valence-corrected chi connectivity index (χ1v) is 23.1. The maximum Gasteiger partial charge on any atom is 2.00 e. The SMILES string of the molecule is CC(F)(C(F)(F)F)S(=O)(=O)NS(=O)(=O)C(F)(C(F)(F)F)C(F)(F)F.CC(F)(C(F)(F)F)S(=O)(=O)[N-]S(=O)(=O)C(F)(C(F)(F)F)C(F)(F)F.CC(F)(C(F)(F)F)S(=O)(=O)[N-]S(=O)(=O)C(F)(C(F)(F)F)C(F)(F)F.[Mg+2]. The maximum absolute atomic E-state index is 13.2. The van der Waals surface area contributed by atoms with Crippen molar-refractivity contribution in [3.05, 3.63) is 8.25 Å². The van der Waals surface area contributed by atoms with Crippen LogP contribution in [0.5, 0.6) is 0 Å². The molecule has 3 atom stereocenters. The van der Waals surface area contributed by atoms with E-state index in [0.29, 0.717) is 8.25 Å². The van der Waals surface area contributed by atoms with Gasteiger partial charge in [0.05, 0.1) is 0 Å². The van der Waals surface area contributed by atoms with Crippen LogP contribution in [0.1, 0.15) is 20.8 Å². The molecule has 0 fully saturated rings. The predicted octanol–water partition coefficient (Wildman–Crippen LogP) is 8.01. The van der Waals surface area contributed by atoms with E-state index in [9.17, 15) is 195 Å². The zero-order valence-electron chi connectivity index (χ0n) is 32.4. The van der Waals surface area contributed by atoms with Gasteiger partial charge in [-0.05, 0) is 20.8 Å². The van der Waals surface area contributed by atoms with E-state index >= 15 is 0 Å². The minimum Gasteiger partial charge on any atom is -0.430 e. The number of halogens is 33. The Hall–Kier alpha value is -1.96. The van der Waals surface area contributed by atoms with Crippen LogP contribution in [0.15, 0.2) is 0 Å². The molecule has 0 radical (unpaired) electrons. The minimum absolute atomic E-state index is 0. The molecule has 0 saturated heterocycles. The van der Waals surface area contributed by atoms with Gasteiger partial charge in [-0.25, -0.2) is 76.8 Å². The number of hydrogen-bond donors (Lipinski definition) is 1. The fourth-order valence-corrected chi connectivity index (χ4v) is 11.5. The van der Waals surface area contributed by atoms with Crippen molar-refractivity contribution in [2.75, 3.05) is 0 Å². The number of alkyl halides is 33. The van der Waals surface area contributed by atoms with Crippen LogP contribution in [0.25, 0.3) is 8.25 Å². The van der Waals surface area contributed by atoms with Crippen LogP contribution >= 0.6 is 0 Å². The van der Waals surface area contributed by atoms with Gasteiger partial charge < -0.3 is 8.25 Å². The normalized spacial score (nSPS) is 18.1. The number of hydrogen-bond acceptors (Lipinski definition) is 12. The number of nitrogens with one attached hydrogen (secondary N) is 1. The molecule has 0 spiro atoms. The standard InChI is InChI=1S/C6H4F11NO4S2.2C6H3F11NO4S2.Mg/c3*1-2(7,4(9,10)11)23(19,20)18-24(21,22)3(8,5(12,13)14)6(15,16)17;/h18H,1H3;2*1H3;/q;2*-1;+2. The van der Waals surface area contributed by atoms with Crippen LogP contribution in [0.4, 0.5) is 145 Å². The smallest absolute Gasteiger partial charge is 0.430 e. The number of sulfonamides is 6. The minimum atomic E-state index is -7.96. The summed E-state index contributed by atoms with van der Waals surface area (Å²) in [5, 5.41) is -39.2. The summed E-state index contributed by atoms with van der Waals surface area (Å²) in [7, 11) is -45.4. The first kappa shape index (κ1) is 77.5. The number of nitrogens with zero attached hydrogens (tertiary/aromatic N) is 2. The number of rotatable bonds is 12. The van der Waals surface area contributed by atoms with E-state index in [1.165, 1.54) is 0 Å². The summed E-state index contributed by atoms with van der Waals surface area (Å²) in [5.74, 6) is 0. The molecule has 0 aliphatic rings. The molecule has 0 heterocycles. The summed E-state index contributed by atoms with van der Waals surface area (Å²) >= 11 is 0. The zero-order valence-corrected chi connectivity index (χ0v) is 38.7. The molecule has 73 heavy (non-hydrogen) atoms. The first-order chi connectivity index (χ1) is 29.9. The van der Waals surface area contributed by atoms with Gasteiger partial charge in [-0.1, -0.05) is 0 Å². The van der Waals surface area contributed by atoms with Crippen molar-refractivity contribution in [2.24, 2.45) is 0 Å². The Morgan fingerprint density at radius 1 is 0.247 bits per heavy atom. The molecule has 3 unspecified atom stereocenters. The zero-order chi connectivity index (χ0) is 60.6. The van der Waals surface area contributed by atoms with Gasteiger partial charge in [-0.3, -0.25) is 0 Å². The molecule has 0 aromatic rings. The molecule has 0 aliphatic carbocycles. The Morgan fingerprint density at radius 3 is 0.548 bits per heavy atom. The van der Waals surface area contributed by atoms with E-state index in [1.54, 1.807) is 0 Å². The third-order valence-electron chi connectivity index (χ3n) is 6.87. The van der Waals surface area contributed by atoms with Crippen molar-refractivity contribution in [1.82, 2.24) is 4.13 Å². The van der Waals surface area contributed by atoms with Gasteiger partial charge in [0.1, 0.15) is 40.1 Å². The van der Waals surface area contributed by atoms with Crippen molar-refractivity contribution in [3.63, 3.8) is 0 Å². The van der Waals surface area contributed by atoms with Gasteiger partial charge >= 0.3 is 98.6 Å². The fourth-order valence-electron chi connectivity index (χ4n) is 2.60. The van der Waals surface area contributed by atoms with Gasteiger partial charge in [0.2, 0.25) is 0 Å². The molecule has 0 aromatic heterocycles. The van der Waals surface area contributed by atoms with Gasteiger partial charge in [-0.2, -0.15) is 119 Å². The largest absolute Gasteiger partial charge is 2.00 e. The Bertz CT molecular complexity index is 2310. The Kier molecular flexibility index (Phi) is 22.0. The van der Waals surface area contributed by atoms with Crippen molar-refractivity contribution < 1.29 is 195 Å². The molecule has 0 amide bonds. The fraction of sp³-hybridized carbons (Fsp3) is 1.00. The molecule has 0 rings (SSSR count). The molecule has 55 heteroatoms. The molecule has 0 aromatic carbocycles. The molecule has 1 N–H and O–H groups in total. The van der Waals surface area contributed by atoms with E-state index < -0.39 is 171 Å². The summed E-state index contributed by atoms with van der Waals surface area (Å²) in [5.41, 5.74) is 0. The topological polar surface area (TPSA) is 245 Å². The van der Waals surface area contributed by atoms with Crippen LogP contribution in [0, 0.1) is 0 Å². The van der Waals surface area contributed by atoms with Crippen LogP contribution in [-0.2, 0) is 60.1 Å². The van der Waals surface area contributed by atoms with Gasteiger partial charge in [-0.15, -0.1) is 4.13 Å². The van der Waals surface area contributed by atoms with Crippen LogP contribution in [-0.4, -0.2) is 159 Å². The summed E-state index contributed by atoms with van der Waals surface area (Å²) in [6.07, 6.45) is -63.8. The molecular formula is C18H10F33MgN3O12S6.